The van der Waals surface area contributed by atoms with Crippen molar-refractivity contribution in [2.24, 2.45) is 0 Å². The highest BCUT2D eigenvalue weighted by Gasteiger charge is 2.07. The molecule has 0 aliphatic rings. The second kappa shape index (κ2) is 4.49. The first-order chi connectivity index (χ1) is 5.83. The van der Waals surface area contributed by atoms with Crippen LogP contribution in [0.2, 0.25) is 0 Å². The maximum absolute atomic E-state index is 11.0. The molecule has 0 fully saturated rings. The summed E-state index contributed by atoms with van der Waals surface area (Å²) < 4.78 is 6.52. The summed E-state index contributed by atoms with van der Waals surface area (Å²) >= 11 is 0. The van der Waals surface area contributed by atoms with Crippen LogP contribution >= 0.6 is 0 Å². The number of nitrogens with zero attached hydrogens (tertiary/aromatic N) is 1. The lowest BCUT2D eigenvalue weighted by atomic mass is 10.5. The summed E-state index contributed by atoms with van der Waals surface area (Å²) in [6.45, 7) is 2.49. The van der Waals surface area contributed by atoms with E-state index in [-0.39, 0.29) is 12.5 Å². The van der Waals surface area contributed by atoms with Gasteiger partial charge in [0, 0.05) is 12.1 Å². The van der Waals surface area contributed by atoms with Crippen molar-refractivity contribution in [3.63, 3.8) is 0 Å². The Balaban J connectivity index is 2.47. The first-order valence-corrected chi connectivity index (χ1v) is 3.83. The van der Waals surface area contributed by atoms with Crippen molar-refractivity contribution in [2.75, 3.05) is 6.61 Å². The Labute approximate surface area is 71.6 Å². The summed E-state index contributed by atoms with van der Waals surface area (Å²) in [6, 6.07) is 6.36. The quantitative estimate of drug-likeness (QED) is 0.477. The topological polar surface area (TPSA) is 30.2 Å². The first-order valence-electron chi connectivity index (χ1n) is 3.83. The third-order valence-electron chi connectivity index (χ3n) is 1.34. The Morgan fingerprint density at radius 1 is 1.50 bits per heavy atom. The molecule has 1 aromatic heterocycles. The minimum atomic E-state index is -0.214. The summed E-state index contributed by atoms with van der Waals surface area (Å²) in [6.07, 6.45) is 3.55. The number of carbonyl (C=O) groups excluding carboxylic acids is 1. The molecule has 3 nitrogen and oxygen atoms in total. The zero-order valence-corrected chi connectivity index (χ0v) is 6.99. The maximum Gasteiger partial charge on any atom is 0.372 e. The van der Waals surface area contributed by atoms with Gasteiger partial charge in [-0.25, -0.2) is 4.79 Å². The summed E-state index contributed by atoms with van der Waals surface area (Å²) in [5.74, 6) is -0.214. The highest BCUT2D eigenvalue weighted by Crippen LogP contribution is 1.80. The molecule has 0 aliphatic carbocycles. The van der Waals surface area contributed by atoms with Gasteiger partial charge in [0.05, 0.1) is 6.61 Å². The molecule has 3 heteroatoms. The predicted molar refractivity (Wildman–Crippen MR) is 42.1 cm³/mol. The average molecular weight is 165 g/mol. The first kappa shape index (κ1) is 8.71. The maximum atomic E-state index is 11.0. The Hall–Kier alpha value is -1.38. The van der Waals surface area contributed by atoms with Crippen molar-refractivity contribution in [1.82, 2.24) is 0 Å². The molecule has 0 spiro atoms. The van der Waals surface area contributed by atoms with Crippen molar-refractivity contribution in [3.8, 4) is 0 Å². The Morgan fingerprint density at radius 3 is 2.75 bits per heavy atom. The van der Waals surface area contributed by atoms with Crippen molar-refractivity contribution in [3.05, 3.63) is 30.6 Å². The predicted octanol–water partition coefficient (Wildman–Crippen LogP) is 0.337. The van der Waals surface area contributed by atoms with Gasteiger partial charge < -0.3 is 4.74 Å². The van der Waals surface area contributed by atoms with Crippen LogP contribution in [0, 0.1) is 6.07 Å². The van der Waals surface area contributed by atoms with E-state index in [1.807, 2.05) is 0 Å². The van der Waals surface area contributed by atoms with Gasteiger partial charge in [-0.2, -0.15) is 4.57 Å². The number of ether oxygens (including phenoxy) is 1. The second-order valence-electron chi connectivity index (χ2n) is 2.28. The van der Waals surface area contributed by atoms with Crippen LogP contribution in [0.5, 0.6) is 0 Å². The van der Waals surface area contributed by atoms with Gasteiger partial charge in [0.1, 0.15) is 0 Å². The van der Waals surface area contributed by atoms with Gasteiger partial charge in [-0.1, -0.05) is 0 Å². The summed E-state index contributed by atoms with van der Waals surface area (Å²) in [5.41, 5.74) is 0. The van der Waals surface area contributed by atoms with Gasteiger partial charge in [-0.05, 0) is 13.0 Å². The van der Waals surface area contributed by atoms with Gasteiger partial charge in [0.25, 0.3) is 0 Å². The van der Waals surface area contributed by atoms with E-state index in [1.54, 1.807) is 36.0 Å². The third kappa shape index (κ3) is 2.70. The minimum absolute atomic E-state index is 0.214. The lowest BCUT2D eigenvalue weighted by Gasteiger charge is -1.96. The SMILES string of the molecule is CCOC(=O)C[n+]1cc[c]cc1. The van der Waals surface area contributed by atoms with Gasteiger partial charge in [-0.3, -0.25) is 0 Å². The Bertz CT molecular complexity index is 246. The zero-order chi connectivity index (χ0) is 8.81. The standard InChI is InChI=1S/C9H11NO2/c1-2-12-9(11)8-10-6-4-3-5-7-10/h4-7H,2,8H2,1H3/q+1. The van der Waals surface area contributed by atoms with Crippen LogP contribution in [-0.4, -0.2) is 12.6 Å². The Kier molecular flexibility index (Phi) is 3.26. The molecule has 0 aromatic carbocycles. The number of hydrogen-bond donors (Lipinski definition) is 0. The largest absolute Gasteiger partial charge is 0.461 e. The number of rotatable bonds is 3. The molecule has 1 radical (unpaired) electrons. The monoisotopic (exact) mass is 165 g/mol. The number of carbonyl (C=O) groups is 1. The summed E-state index contributed by atoms with van der Waals surface area (Å²) in [4.78, 5) is 11.0. The highest BCUT2D eigenvalue weighted by atomic mass is 16.5. The molecule has 63 valence electrons. The van der Waals surface area contributed by atoms with E-state index in [9.17, 15) is 4.79 Å². The molecule has 0 saturated heterocycles. The molecular weight excluding hydrogens is 154 g/mol. The second-order valence-corrected chi connectivity index (χ2v) is 2.28. The summed E-state index contributed by atoms with van der Waals surface area (Å²) in [7, 11) is 0. The number of hydrogen-bond acceptors (Lipinski definition) is 2. The third-order valence-corrected chi connectivity index (χ3v) is 1.34. The van der Waals surface area contributed by atoms with Crippen molar-refractivity contribution in [1.29, 1.82) is 0 Å². The number of aromatic nitrogens is 1. The van der Waals surface area contributed by atoms with Crippen LogP contribution in [-0.2, 0) is 16.1 Å². The fourth-order valence-corrected chi connectivity index (χ4v) is 0.844. The van der Waals surface area contributed by atoms with Crippen LogP contribution < -0.4 is 4.57 Å². The van der Waals surface area contributed by atoms with Crippen LogP contribution in [0.15, 0.2) is 24.5 Å². The molecule has 1 rings (SSSR count). The molecule has 0 amide bonds. The van der Waals surface area contributed by atoms with E-state index >= 15 is 0 Å². The van der Waals surface area contributed by atoms with Gasteiger partial charge in [0.15, 0.2) is 12.4 Å². The molecule has 0 atom stereocenters. The highest BCUT2D eigenvalue weighted by molar-refractivity contribution is 5.67. The molecule has 0 bridgehead atoms. The van der Waals surface area contributed by atoms with Crippen molar-refractivity contribution < 1.29 is 14.1 Å². The molecule has 0 aliphatic heterocycles. The fourth-order valence-electron chi connectivity index (χ4n) is 0.844. The van der Waals surface area contributed by atoms with Gasteiger partial charge in [0.2, 0.25) is 6.54 Å². The van der Waals surface area contributed by atoms with Crippen LogP contribution in [0.1, 0.15) is 6.92 Å². The normalized spacial score (nSPS) is 9.42. The molecule has 1 aromatic rings. The fraction of sp³-hybridized carbons (Fsp3) is 0.333. The lowest BCUT2D eigenvalue weighted by Crippen LogP contribution is -2.37. The summed E-state index contributed by atoms with van der Waals surface area (Å²) in [5, 5.41) is 0. The Morgan fingerprint density at radius 2 is 2.17 bits per heavy atom. The van der Waals surface area contributed by atoms with Crippen LogP contribution in [0.4, 0.5) is 0 Å². The van der Waals surface area contributed by atoms with Crippen LogP contribution in [0.25, 0.3) is 0 Å². The number of esters is 1. The van der Waals surface area contributed by atoms with Crippen molar-refractivity contribution >= 4 is 5.97 Å². The molecule has 0 unspecified atom stereocenters. The van der Waals surface area contributed by atoms with E-state index in [0.29, 0.717) is 6.61 Å². The van der Waals surface area contributed by atoms with Gasteiger partial charge >= 0.3 is 5.97 Å². The zero-order valence-electron chi connectivity index (χ0n) is 6.99. The van der Waals surface area contributed by atoms with Gasteiger partial charge in [-0.15, -0.1) is 0 Å². The molecule has 1 heterocycles. The smallest absolute Gasteiger partial charge is 0.372 e. The molecule has 0 saturated carbocycles. The van der Waals surface area contributed by atoms with E-state index in [0.717, 1.165) is 0 Å². The molecule has 0 N–H and O–H groups in total. The van der Waals surface area contributed by atoms with Crippen molar-refractivity contribution in [2.45, 2.75) is 13.5 Å². The number of pyridine rings is 1. The van der Waals surface area contributed by atoms with E-state index in [2.05, 4.69) is 6.07 Å². The molecule has 12 heavy (non-hydrogen) atoms. The van der Waals surface area contributed by atoms with E-state index < -0.39 is 0 Å². The minimum Gasteiger partial charge on any atom is -0.461 e. The lowest BCUT2D eigenvalue weighted by molar-refractivity contribution is -0.686. The van der Waals surface area contributed by atoms with E-state index in [1.165, 1.54) is 0 Å². The van der Waals surface area contributed by atoms with Crippen LogP contribution in [0.3, 0.4) is 0 Å². The van der Waals surface area contributed by atoms with E-state index in [4.69, 9.17) is 4.74 Å². The molecular formula is C9H11NO2+. The average Bonchev–Trinajstić information content (AvgIpc) is 2.06.